The van der Waals surface area contributed by atoms with Crippen LogP contribution >= 0.6 is 38.5 Å². The molecular weight excluding hydrogens is 429 g/mol. The van der Waals surface area contributed by atoms with Crippen LogP contribution in [0.25, 0.3) is 0 Å². The maximum absolute atomic E-state index is 5.99. The minimum absolute atomic E-state index is 0.445. The predicted molar refractivity (Wildman–Crippen MR) is 95.4 cm³/mol. The first-order chi connectivity index (χ1) is 9.54. The van der Waals surface area contributed by atoms with Gasteiger partial charge in [-0.1, -0.05) is 29.8 Å². The molecule has 0 aliphatic carbocycles. The van der Waals surface area contributed by atoms with Crippen molar-refractivity contribution < 1.29 is 4.74 Å². The predicted octanol–water partition coefficient (Wildman–Crippen LogP) is 5.34. The fraction of sp³-hybridized carbons (Fsp3) is 0.250. The van der Waals surface area contributed by atoms with Gasteiger partial charge in [0.15, 0.2) is 0 Å². The smallest absolute Gasteiger partial charge is 0.131 e. The molecule has 0 saturated heterocycles. The van der Waals surface area contributed by atoms with Crippen LogP contribution in [-0.2, 0) is 6.54 Å². The van der Waals surface area contributed by atoms with Gasteiger partial charge >= 0.3 is 0 Å². The Hall–Kier alpha value is -0.590. The summed E-state index contributed by atoms with van der Waals surface area (Å²) in [4.78, 5) is 0. The molecule has 1 N–H and O–H groups in total. The first kappa shape index (κ1) is 15.8. The van der Waals surface area contributed by atoms with Crippen LogP contribution in [0.4, 0.5) is 0 Å². The standard InChI is InChI=1S/C16H17BrINO/c1-11(2)19-10-12-9-13(17)3-8-16(12)20-15-6-4-14(18)5-7-15/h3-9,11,19H,10H2,1-2H3. The maximum atomic E-state index is 5.99. The topological polar surface area (TPSA) is 21.3 Å². The zero-order chi connectivity index (χ0) is 14.5. The number of halogens is 2. The van der Waals surface area contributed by atoms with Gasteiger partial charge in [-0.05, 0) is 65.1 Å². The molecule has 2 aromatic carbocycles. The van der Waals surface area contributed by atoms with E-state index >= 15 is 0 Å². The van der Waals surface area contributed by atoms with E-state index in [2.05, 4.69) is 63.8 Å². The fourth-order valence-electron chi connectivity index (χ4n) is 1.73. The van der Waals surface area contributed by atoms with Crippen LogP contribution in [0.5, 0.6) is 11.5 Å². The van der Waals surface area contributed by atoms with E-state index in [-0.39, 0.29) is 0 Å². The van der Waals surface area contributed by atoms with Crippen LogP contribution in [0, 0.1) is 3.57 Å². The highest BCUT2D eigenvalue weighted by Crippen LogP contribution is 2.28. The SMILES string of the molecule is CC(C)NCc1cc(Br)ccc1Oc1ccc(I)cc1. The van der Waals surface area contributed by atoms with E-state index in [0.29, 0.717) is 6.04 Å². The largest absolute Gasteiger partial charge is 0.457 e. The number of rotatable bonds is 5. The second kappa shape index (κ2) is 7.43. The summed E-state index contributed by atoms with van der Waals surface area (Å²) in [7, 11) is 0. The monoisotopic (exact) mass is 445 g/mol. The summed E-state index contributed by atoms with van der Waals surface area (Å²) >= 11 is 5.80. The van der Waals surface area contributed by atoms with Crippen molar-refractivity contribution in [1.82, 2.24) is 5.32 Å². The highest BCUT2D eigenvalue weighted by molar-refractivity contribution is 14.1. The summed E-state index contributed by atoms with van der Waals surface area (Å²) in [6.45, 7) is 5.06. The number of benzene rings is 2. The molecule has 0 aromatic heterocycles. The molecular formula is C16H17BrINO. The average molecular weight is 446 g/mol. The van der Waals surface area contributed by atoms with Crippen LogP contribution < -0.4 is 10.1 Å². The molecule has 0 atom stereocenters. The van der Waals surface area contributed by atoms with Gasteiger partial charge in [-0.3, -0.25) is 0 Å². The molecule has 0 bridgehead atoms. The third kappa shape index (κ3) is 4.75. The Morgan fingerprint density at radius 3 is 2.50 bits per heavy atom. The Balaban J connectivity index is 2.19. The lowest BCUT2D eigenvalue weighted by Gasteiger charge is -2.14. The van der Waals surface area contributed by atoms with Crippen molar-refractivity contribution in [2.45, 2.75) is 26.4 Å². The van der Waals surface area contributed by atoms with E-state index < -0.39 is 0 Å². The highest BCUT2D eigenvalue weighted by atomic mass is 127. The van der Waals surface area contributed by atoms with Gasteiger partial charge in [-0.15, -0.1) is 0 Å². The zero-order valence-corrected chi connectivity index (χ0v) is 15.2. The van der Waals surface area contributed by atoms with Crippen molar-refractivity contribution in [2.24, 2.45) is 0 Å². The molecule has 4 heteroatoms. The van der Waals surface area contributed by atoms with Crippen LogP contribution in [0.15, 0.2) is 46.9 Å². The Labute approximate surface area is 142 Å². The second-order valence-electron chi connectivity index (χ2n) is 4.84. The number of ether oxygens (including phenoxy) is 1. The van der Waals surface area contributed by atoms with E-state index in [1.54, 1.807) is 0 Å². The van der Waals surface area contributed by atoms with Gasteiger partial charge in [0.2, 0.25) is 0 Å². The molecule has 0 radical (unpaired) electrons. The van der Waals surface area contributed by atoms with Gasteiger partial charge in [0.25, 0.3) is 0 Å². The molecule has 0 amide bonds. The van der Waals surface area contributed by atoms with E-state index in [1.165, 1.54) is 3.57 Å². The molecule has 2 aromatic rings. The molecule has 0 unspecified atom stereocenters. The number of hydrogen-bond donors (Lipinski definition) is 1. The fourth-order valence-corrected chi connectivity index (χ4v) is 2.50. The average Bonchev–Trinajstić information content (AvgIpc) is 2.41. The van der Waals surface area contributed by atoms with Crippen LogP contribution in [0.3, 0.4) is 0 Å². The Kier molecular flexibility index (Phi) is 5.86. The van der Waals surface area contributed by atoms with Crippen molar-refractivity contribution in [3.63, 3.8) is 0 Å². The van der Waals surface area contributed by atoms with Crippen molar-refractivity contribution in [2.75, 3.05) is 0 Å². The van der Waals surface area contributed by atoms with Gasteiger partial charge in [-0.2, -0.15) is 0 Å². The summed E-state index contributed by atoms with van der Waals surface area (Å²) in [5, 5.41) is 3.42. The van der Waals surface area contributed by atoms with E-state index in [4.69, 9.17) is 4.74 Å². The molecule has 0 fully saturated rings. The minimum atomic E-state index is 0.445. The lowest BCUT2D eigenvalue weighted by molar-refractivity contribution is 0.469. The first-order valence-corrected chi connectivity index (χ1v) is 8.37. The number of nitrogens with one attached hydrogen (secondary N) is 1. The van der Waals surface area contributed by atoms with Crippen molar-refractivity contribution in [1.29, 1.82) is 0 Å². The molecule has 2 rings (SSSR count). The lowest BCUT2D eigenvalue weighted by Crippen LogP contribution is -2.22. The molecule has 20 heavy (non-hydrogen) atoms. The van der Waals surface area contributed by atoms with Crippen LogP contribution in [0.2, 0.25) is 0 Å². The van der Waals surface area contributed by atoms with Crippen LogP contribution in [-0.4, -0.2) is 6.04 Å². The molecule has 0 heterocycles. The van der Waals surface area contributed by atoms with Gasteiger partial charge in [0, 0.05) is 26.2 Å². The third-order valence-corrected chi connectivity index (χ3v) is 3.98. The maximum Gasteiger partial charge on any atom is 0.131 e. The van der Waals surface area contributed by atoms with Crippen molar-refractivity contribution in [3.05, 3.63) is 56.1 Å². The van der Waals surface area contributed by atoms with E-state index in [1.807, 2.05) is 36.4 Å². The van der Waals surface area contributed by atoms with E-state index in [9.17, 15) is 0 Å². The van der Waals surface area contributed by atoms with E-state index in [0.717, 1.165) is 28.1 Å². The first-order valence-electron chi connectivity index (χ1n) is 6.50. The van der Waals surface area contributed by atoms with Gasteiger partial charge in [0.1, 0.15) is 11.5 Å². The van der Waals surface area contributed by atoms with Crippen molar-refractivity contribution in [3.8, 4) is 11.5 Å². The zero-order valence-electron chi connectivity index (χ0n) is 11.5. The normalized spacial score (nSPS) is 10.8. The van der Waals surface area contributed by atoms with Crippen molar-refractivity contribution >= 4 is 38.5 Å². The summed E-state index contributed by atoms with van der Waals surface area (Å²) in [6, 6.07) is 14.6. The molecule has 0 saturated carbocycles. The summed E-state index contributed by atoms with van der Waals surface area (Å²) < 4.78 is 8.25. The molecule has 106 valence electrons. The third-order valence-electron chi connectivity index (χ3n) is 2.76. The quantitative estimate of drug-likeness (QED) is 0.627. The van der Waals surface area contributed by atoms with Gasteiger partial charge < -0.3 is 10.1 Å². The molecule has 0 aliphatic rings. The number of hydrogen-bond acceptors (Lipinski definition) is 2. The summed E-state index contributed by atoms with van der Waals surface area (Å²) in [5.41, 5.74) is 1.15. The van der Waals surface area contributed by atoms with Gasteiger partial charge in [-0.25, -0.2) is 0 Å². The minimum Gasteiger partial charge on any atom is -0.457 e. The van der Waals surface area contributed by atoms with Gasteiger partial charge in [0.05, 0.1) is 0 Å². The molecule has 0 spiro atoms. The Bertz CT molecular complexity index is 569. The highest BCUT2D eigenvalue weighted by Gasteiger charge is 2.07. The molecule has 0 aliphatic heterocycles. The molecule has 2 nitrogen and oxygen atoms in total. The second-order valence-corrected chi connectivity index (χ2v) is 7.00. The summed E-state index contributed by atoms with van der Waals surface area (Å²) in [6.07, 6.45) is 0. The van der Waals surface area contributed by atoms with Crippen LogP contribution in [0.1, 0.15) is 19.4 Å². The summed E-state index contributed by atoms with van der Waals surface area (Å²) in [5.74, 6) is 1.75. The Morgan fingerprint density at radius 2 is 1.85 bits per heavy atom. The Morgan fingerprint density at radius 1 is 1.15 bits per heavy atom. The lowest BCUT2D eigenvalue weighted by atomic mass is 10.2.